The van der Waals surface area contributed by atoms with Gasteiger partial charge in [0.2, 0.25) is 0 Å². The van der Waals surface area contributed by atoms with Crippen LogP contribution in [0.3, 0.4) is 0 Å². The van der Waals surface area contributed by atoms with Crippen molar-refractivity contribution in [3.63, 3.8) is 0 Å². The van der Waals surface area contributed by atoms with Gasteiger partial charge >= 0.3 is 0 Å². The summed E-state index contributed by atoms with van der Waals surface area (Å²) in [7, 11) is 0. The van der Waals surface area contributed by atoms with Gasteiger partial charge in [0.1, 0.15) is 5.78 Å². The van der Waals surface area contributed by atoms with E-state index >= 15 is 0 Å². The first-order valence-corrected chi connectivity index (χ1v) is 6.90. The zero-order valence-corrected chi connectivity index (χ0v) is 11.4. The Morgan fingerprint density at radius 2 is 2.11 bits per heavy atom. The number of ketones is 1. The molecule has 98 valence electrons. The smallest absolute Gasteiger partial charge is 0.140 e. The lowest BCUT2D eigenvalue weighted by atomic mass is 9.81. The summed E-state index contributed by atoms with van der Waals surface area (Å²) in [6.07, 6.45) is 4.66. The number of rotatable bonds is 3. The summed E-state index contributed by atoms with van der Waals surface area (Å²) in [5.74, 6) is 0.563. The summed E-state index contributed by atoms with van der Waals surface area (Å²) in [4.78, 5) is 12.3. The van der Waals surface area contributed by atoms with Crippen LogP contribution >= 0.6 is 0 Å². The van der Waals surface area contributed by atoms with Gasteiger partial charge in [0.15, 0.2) is 0 Å². The van der Waals surface area contributed by atoms with Crippen molar-refractivity contribution in [3.8, 4) is 0 Å². The van der Waals surface area contributed by atoms with E-state index in [-0.39, 0.29) is 12.0 Å². The maximum absolute atomic E-state index is 12.3. The zero-order chi connectivity index (χ0) is 13.1. The molecule has 0 aromatic heterocycles. The van der Waals surface area contributed by atoms with Crippen LogP contribution in [0.4, 0.5) is 0 Å². The molecule has 1 aliphatic rings. The highest BCUT2D eigenvalue weighted by atomic mass is 16.1. The van der Waals surface area contributed by atoms with Gasteiger partial charge in [0.05, 0.1) is 0 Å². The molecule has 2 rings (SSSR count). The number of hydrogen-bond acceptors (Lipinski definition) is 2. The van der Waals surface area contributed by atoms with E-state index in [1.807, 2.05) is 0 Å². The summed E-state index contributed by atoms with van der Waals surface area (Å²) in [5, 5.41) is 0. The van der Waals surface area contributed by atoms with E-state index in [0.717, 1.165) is 25.7 Å². The van der Waals surface area contributed by atoms with Gasteiger partial charge in [-0.05, 0) is 44.2 Å². The number of carbonyl (C=O) groups excluding carboxylic acids is 1. The molecule has 2 unspecified atom stereocenters. The maximum atomic E-state index is 12.3. The second kappa shape index (κ2) is 5.66. The fourth-order valence-electron chi connectivity index (χ4n) is 2.84. The van der Waals surface area contributed by atoms with E-state index in [2.05, 4.69) is 32.0 Å². The lowest BCUT2D eigenvalue weighted by molar-refractivity contribution is -0.123. The van der Waals surface area contributed by atoms with Crippen LogP contribution in [0.25, 0.3) is 0 Å². The largest absolute Gasteiger partial charge is 0.328 e. The van der Waals surface area contributed by atoms with Crippen molar-refractivity contribution in [3.05, 3.63) is 34.9 Å². The first kappa shape index (κ1) is 13.3. The van der Waals surface area contributed by atoms with Crippen molar-refractivity contribution in [2.24, 2.45) is 11.7 Å². The van der Waals surface area contributed by atoms with Crippen LogP contribution in [-0.4, -0.2) is 11.8 Å². The summed E-state index contributed by atoms with van der Waals surface area (Å²) in [5.41, 5.74) is 9.58. The zero-order valence-electron chi connectivity index (χ0n) is 11.4. The van der Waals surface area contributed by atoms with Crippen LogP contribution in [0.1, 0.15) is 42.4 Å². The molecule has 2 nitrogen and oxygen atoms in total. The lowest BCUT2D eigenvalue weighted by Crippen LogP contribution is -2.32. The molecule has 0 bridgehead atoms. The van der Waals surface area contributed by atoms with Crippen molar-refractivity contribution < 1.29 is 4.79 Å². The second-order valence-corrected chi connectivity index (χ2v) is 5.70. The van der Waals surface area contributed by atoms with Gasteiger partial charge < -0.3 is 5.73 Å². The average Bonchev–Trinajstić information content (AvgIpc) is 2.34. The fourth-order valence-corrected chi connectivity index (χ4v) is 2.84. The summed E-state index contributed by atoms with van der Waals surface area (Å²) in [6.45, 7) is 4.15. The highest BCUT2D eigenvalue weighted by Gasteiger charge is 2.25. The Balaban J connectivity index is 2.04. The van der Waals surface area contributed by atoms with Gasteiger partial charge in [-0.3, -0.25) is 4.79 Å². The first-order valence-electron chi connectivity index (χ1n) is 6.90. The third-order valence-electron chi connectivity index (χ3n) is 4.04. The Bertz CT molecular complexity index is 439. The molecule has 1 aromatic carbocycles. The molecule has 1 fully saturated rings. The SMILES string of the molecule is Cc1ccc(C)c(CC(=O)C2CCCC(N)C2)c1. The van der Waals surface area contributed by atoms with Gasteiger partial charge in [-0.2, -0.15) is 0 Å². The number of nitrogens with two attached hydrogens (primary N) is 1. The highest BCUT2D eigenvalue weighted by Crippen LogP contribution is 2.25. The van der Waals surface area contributed by atoms with Crippen LogP contribution in [0.15, 0.2) is 18.2 Å². The molecule has 2 atom stereocenters. The molecule has 0 aliphatic heterocycles. The van der Waals surface area contributed by atoms with Crippen molar-refractivity contribution in [1.82, 2.24) is 0 Å². The third-order valence-corrected chi connectivity index (χ3v) is 4.04. The molecule has 1 aliphatic carbocycles. The van der Waals surface area contributed by atoms with Gasteiger partial charge in [-0.1, -0.05) is 30.2 Å². The number of Topliss-reactive ketones (excluding diaryl/α,β-unsaturated/α-hetero) is 1. The molecule has 0 heterocycles. The molecule has 0 radical (unpaired) electrons. The van der Waals surface area contributed by atoms with E-state index < -0.39 is 0 Å². The van der Waals surface area contributed by atoms with Gasteiger partial charge in [-0.25, -0.2) is 0 Å². The Labute approximate surface area is 110 Å². The first-order chi connectivity index (χ1) is 8.56. The number of carbonyl (C=O) groups is 1. The summed E-state index contributed by atoms with van der Waals surface area (Å²) >= 11 is 0. The molecule has 0 amide bonds. The molecule has 0 saturated heterocycles. The van der Waals surface area contributed by atoms with Crippen molar-refractivity contribution in [2.45, 2.75) is 52.0 Å². The fraction of sp³-hybridized carbons (Fsp3) is 0.562. The predicted molar refractivity (Wildman–Crippen MR) is 74.6 cm³/mol. The lowest BCUT2D eigenvalue weighted by Gasteiger charge is -2.25. The number of benzene rings is 1. The monoisotopic (exact) mass is 245 g/mol. The van der Waals surface area contributed by atoms with E-state index in [4.69, 9.17) is 5.73 Å². The quantitative estimate of drug-likeness (QED) is 0.889. The topological polar surface area (TPSA) is 43.1 Å². The van der Waals surface area contributed by atoms with Gasteiger partial charge in [0.25, 0.3) is 0 Å². The average molecular weight is 245 g/mol. The standard InChI is InChI=1S/C16H23NO/c1-11-6-7-12(2)14(8-11)10-16(18)13-4-3-5-15(17)9-13/h6-8,13,15H,3-5,9-10,17H2,1-2H3. The van der Waals surface area contributed by atoms with E-state index in [1.165, 1.54) is 16.7 Å². The Morgan fingerprint density at radius 1 is 1.33 bits per heavy atom. The third kappa shape index (κ3) is 3.20. The summed E-state index contributed by atoms with van der Waals surface area (Å²) < 4.78 is 0. The van der Waals surface area contributed by atoms with E-state index in [1.54, 1.807) is 0 Å². The summed E-state index contributed by atoms with van der Waals surface area (Å²) in [6, 6.07) is 6.56. The van der Waals surface area contributed by atoms with E-state index in [0.29, 0.717) is 12.2 Å². The Hall–Kier alpha value is -1.15. The van der Waals surface area contributed by atoms with Crippen LogP contribution < -0.4 is 5.73 Å². The van der Waals surface area contributed by atoms with Crippen LogP contribution in [0.2, 0.25) is 0 Å². The molecule has 0 spiro atoms. The maximum Gasteiger partial charge on any atom is 0.140 e. The Morgan fingerprint density at radius 3 is 2.83 bits per heavy atom. The van der Waals surface area contributed by atoms with Gasteiger partial charge in [-0.15, -0.1) is 0 Å². The number of aryl methyl sites for hydroxylation is 2. The van der Waals surface area contributed by atoms with Crippen molar-refractivity contribution in [1.29, 1.82) is 0 Å². The van der Waals surface area contributed by atoms with Gasteiger partial charge in [0, 0.05) is 18.4 Å². The Kier molecular flexibility index (Phi) is 4.18. The normalized spacial score (nSPS) is 23.9. The molecule has 18 heavy (non-hydrogen) atoms. The minimum Gasteiger partial charge on any atom is -0.328 e. The van der Waals surface area contributed by atoms with Crippen molar-refractivity contribution >= 4 is 5.78 Å². The highest BCUT2D eigenvalue weighted by molar-refractivity contribution is 5.83. The predicted octanol–water partition coefficient (Wildman–Crippen LogP) is 2.93. The molecular weight excluding hydrogens is 222 g/mol. The molecule has 1 aromatic rings. The van der Waals surface area contributed by atoms with Crippen LogP contribution in [-0.2, 0) is 11.2 Å². The van der Waals surface area contributed by atoms with E-state index in [9.17, 15) is 4.79 Å². The minimum absolute atomic E-state index is 0.189. The van der Waals surface area contributed by atoms with Crippen LogP contribution in [0, 0.1) is 19.8 Å². The molecule has 2 heteroatoms. The second-order valence-electron chi connectivity index (χ2n) is 5.70. The molecule has 2 N–H and O–H groups in total. The van der Waals surface area contributed by atoms with Crippen molar-refractivity contribution in [2.75, 3.05) is 0 Å². The molecular formula is C16H23NO. The minimum atomic E-state index is 0.189. The van der Waals surface area contributed by atoms with Crippen LogP contribution in [0.5, 0.6) is 0 Å². The molecule has 1 saturated carbocycles. The number of hydrogen-bond donors (Lipinski definition) is 1.